The fourth-order valence-corrected chi connectivity index (χ4v) is 10.1. The average Bonchev–Trinajstić information content (AvgIpc) is 3.58. The standard InChI is InChI=1S/C54H40/c1-53(2)46-21-13-12-18-39(46)44-31-49-45(32-48(44)53)40-28-27-37(30-47(40)54(49,3)4)33-22-24-36(25-23-33)50-41-19-10-11-20-42(41)51(35-15-6-5-7-16-35)52-38-17-9-8-14-34(38)26-29-43(50)52/h5-32H,1-4H3. The predicted octanol–water partition coefficient (Wildman–Crippen LogP) is 14.8. The largest absolute Gasteiger partial charge is 0.0622 e. The van der Waals surface area contributed by atoms with Crippen molar-refractivity contribution in [2.75, 3.05) is 0 Å². The van der Waals surface area contributed by atoms with E-state index in [0.717, 1.165) is 0 Å². The van der Waals surface area contributed by atoms with Gasteiger partial charge >= 0.3 is 0 Å². The molecule has 0 heteroatoms. The van der Waals surface area contributed by atoms with Gasteiger partial charge in [-0.1, -0.05) is 179 Å². The monoisotopic (exact) mass is 688 g/mol. The van der Waals surface area contributed by atoms with E-state index in [4.69, 9.17) is 0 Å². The van der Waals surface area contributed by atoms with Crippen molar-refractivity contribution in [1.29, 1.82) is 0 Å². The minimum Gasteiger partial charge on any atom is -0.0622 e. The van der Waals surface area contributed by atoms with Crippen molar-refractivity contribution in [3.8, 4) is 55.6 Å². The summed E-state index contributed by atoms with van der Waals surface area (Å²) in [7, 11) is 0. The van der Waals surface area contributed by atoms with Crippen molar-refractivity contribution < 1.29 is 0 Å². The fourth-order valence-electron chi connectivity index (χ4n) is 10.1. The van der Waals surface area contributed by atoms with Gasteiger partial charge in [0.05, 0.1) is 0 Å². The van der Waals surface area contributed by atoms with Gasteiger partial charge in [-0.15, -0.1) is 0 Å². The first kappa shape index (κ1) is 31.3. The Kier molecular flexibility index (Phi) is 6.46. The van der Waals surface area contributed by atoms with Crippen molar-refractivity contribution in [2.45, 2.75) is 38.5 Å². The summed E-state index contributed by atoms with van der Waals surface area (Å²) in [5.41, 5.74) is 18.7. The second-order valence-electron chi connectivity index (χ2n) is 16.4. The highest BCUT2D eigenvalue weighted by Crippen LogP contribution is 2.56. The molecule has 9 aromatic rings. The van der Waals surface area contributed by atoms with Crippen LogP contribution in [0.3, 0.4) is 0 Å². The van der Waals surface area contributed by atoms with Crippen LogP contribution < -0.4 is 0 Å². The van der Waals surface area contributed by atoms with Crippen LogP contribution in [0, 0.1) is 0 Å². The molecule has 0 bridgehead atoms. The second-order valence-corrected chi connectivity index (χ2v) is 16.4. The minimum absolute atomic E-state index is 0.0127. The summed E-state index contributed by atoms with van der Waals surface area (Å²) < 4.78 is 0. The van der Waals surface area contributed by atoms with Gasteiger partial charge in [-0.25, -0.2) is 0 Å². The summed E-state index contributed by atoms with van der Waals surface area (Å²) >= 11 is 0. The lowest BCUT2D eigenvalue weighted by atomic mass is 9.79. The van der Waals surface area contributed by atoms with Crippen LogP contribution in [-0.2, 0) is 10.8 Å². The molecule has 0 aliphatic heterocycles. The molecule has 11 rings (SSSR count). The summed E-state index contributed by atoms with van der Waals surface area (Å²) in [6.07, 6.45) is 0. The normalized spacial score (nSPS) is 14.6. The van der Waals surface area contributed by atoms with E-state index in [9.17, 15) is 0 Å². The molecule has 0 aromatic heterocycles. The smallest absolute Gasteiger partial charge is 0.0159 e. The molecule has 0 saturated heterocycles. The lowest BCUT2D eigenvalue weighted by Crippen LogP contribution is -2.17. The van der Waals surface area contributed by atoms with Gasteiger partial charge in [0.25, 0.3) is 0 Å². The molecule has 0 saturated carbocycles. The van der Waals surface area contributed by atoms with E-state index in [1.165, 1.54) is 110 Å². The average molecular weight is 689 g/mol. The highest BCUT2D eigenvalue weighted by molar-refractivity contribution is 6.27. The summed E-state index contributed by atoms with van der Waals surface area (Å²) in [4.78, 5) is 0. The van der Waals surface area contributed by atoms with E-state index < -0.39 is 0 Å². The van der Waals surface area contributed by atoms with Gasteiger partial charge in [0, 0.05) is 10.8 Å². The molecule has 2 aliphatic carbocycles. The molecule has 0 fully saturated rings. The number of benzene rings is 9. The van der Waals surface area contributed by atoms with Gasteiger partial charge < -0.3 is 0 Å². The molecule has 0 heterocycles. The first-order valence-corrected chi connectivity index (χ1v) is 19.3. The molecule has 2 aliphatic rings. The maximum Gasteiger partial charge on any atom is 0.0159 e. The van der Waals surface area contributed by atoms with Crippen LogP contribution in [0.25, 0.3) is 88.0 Å². The molecule has 54 heavy (non-hydrogen) atoms. The summed E-state index contributed by atoms with van der Waals surface area (Å²) in [6.45, 7) is 9.57. The molecule has 256 valence electrons. The molecule has 0 atom stereocenters. The van der Waals surface area contributed by atoms with Gasteiger partial charge in [0.2, 0.25) is 0 Å². The highest BCUT2D eigenvalue weighted by atomic mass is 14.4. The van der Waals surface area contributed by atoms with Gasteiger partial charge in [0.15, 0.2) is 0 Å². The fraction of sp³-hybridized carbons (Fsp3) is 0.111. The van der Waals surface area contributed by atoms with Crippen molar-refractivity contribution >= 4 is 32.3 Å². The Labute approximate surface area is 317 Å². The molecule has 0 spiro atoms. The van der Waals surface area contributed by atoms with Crippen LogP contribution in [0.15, 0.2) is 170 Å². The number of hydrogen-bond acceptors (Lipinski definition) is 0. The Balaban J connectivity index is 1.05. The highest BCUT2D eigenvalue weighted by Gasteiger charge is 2.41. The molecule has 0 N–H and O–H groups in total. The van der Waals surface area contributed by atoms with Crippen molar-refractivity contribution in [2.24, 2.45) is 0 Å². The van der Waals surface area contributed by atoms with E-state index in [1.807, 2.05) is 0 Å². The number of rotatable bonds is 3. The third-order valence-electron chi connectivity index (χ3n) is 12.9. The first-order chi connectivity index (χ1) is 26.3. The molecule has 0 nitrogen and oxygen atoms in total. The zero-order valence-corrected chi connectivity index (χ0v) is 31.2. The molecular formula is C54H40. The van der Waals surface area contributed by atoms with E-state index in [2.05, 4.69) is 198 Å². The van der Waals surface area contributed by atoms with E-state index in [0.29, 0.717) is 0 Å². The van der Waals surface area contributed by atoms with Gasteiger partial charge in [-0.05, 0) is 128 Å². The number of fused-ring (bicyclic) bond motifs is 10. The second kappa shape index (κ2) is 11.1. The third kappa shape index (κ3) is 4.26. The lowest BCUT2D eigenvalue weighted by Gasteiger charge is -2.24. The Bertz CT molecular complexity index is 3010. The van der Waals surface area contributed by atoms with E-state index in [-0.39, 0.29) is 10.8 Å². The molecular weight excluding hydrogens is 649 g/mol. The summed E-state index contributed by atoms with van der Waals surface area (Å²) in [5, 5.41) is 7.71. The first-order valence-electron chi connectivity index (χ1n) is 19.3. The Morgan fingerprint density at radius 3 is 1.56 bits per heavy atom. The molecule has 0 radical (unpaired) electrons. The topological polar surface area (TPSA) is 0 Å². The number of hydrogen-bond donors (Lipinski definition) is 0. The zero-order chi connectivity index (χ0) is 36.3. The van der Waals surface area contributed by atoms with Crippen LogP contribution >= 0.6 is 0 Å². The Hall–Kier alpha value is -6.24. The van der Waals surface area contributed by atoms with Gasteiger partial charge in [-0.3, -0.25) is 0 Å². The maximum atomic E-state index is 2.51. The molecule has 0 unspecified atom stereocenters. The zero-order valence-electron chi connectivity index (χ0n) is 31.2. The maximum absolute atomic E-state index is 2.51. The summed E-state index contributed by atoms with van der Waals surface area (Å²) in [6, 6.07) is 63.8. The Morgan fingerprint density at radius 1 is 0.296 bits per heavy atom. The van der Waals surface area contributed by atoms with Crippen molar-refractivity contribution in [3.63, 3.8) is 0 Å². The lowest BCUT2D eigenvalue weighted by molar-refractivity contribution is 0.652. The van der Waals surface area contributed by atoms with Crippen LogP contribution in [0.2, 0.25) is 0 Å². The van der Waals surface area contributed by atoms with Crippen LogP contribution in [0.5, 0.6) is 0 Å². The van der Waals surface area contributed by atoms with Gasteiger partial charge in [0.1, 0.15) is 0 Å². The van der Waals surface area contributed by atoms with Crippen LogP contribution in [0.1, 0.15) is 49.9 Å². The minimum atomic E-state index is -0.0988. The van der Waals surface area contributed by atoms with E-state index >= 15 is 0 Å². The van der Waals surface area contributed by atoms with Crippen LogP contribution in [0.4, 0.5) is 0 Å². The molecule has 0 amide bonds. The van der Waals surface area contributed by atoms with Crippen LogP contribution in [-0.4, -0.2) is 0 Å². The quantitative estimate of drug-likeness (QED) is 0.128. The van der Waals surface area contributed by atoms with Gasteiger partial charge in [-0.2, -0.15) is 0 Å². The van der Waals surface area contributed by atoms with Crippen molar-refractivity contribution in [1.82, 2.24) is 0 Å². The van der Waals surface area contributed by atoms with Crippen molar-refractivity contribution in [3.05, 3.63) is 192 Å². The SMILES string of the molecule is CC1(C)c2ccccc2-c2cc3c(cc21)-c1ccc(-c2ccc(-c4c5ccccc5c(-c5ccccc5)c5c4ccc4ccccc45)cc2)cc1C3(C)C. The molecule has 9 aromatic carbocycles. The third-order valence-corrected chi connectivity index (χ3v) is 12.9. The predicted molar refractivity (Wildman–Crippen MR) is 230 cm³/mol. The Morgan fingerprint density at radius 2 is 0.815 bits per heavy atom. The van der Waals surface area contributed by atoms with E-state index in [1.54, 1.807) is 0 Å². The summed E-state index contributed by atoms with van der Waals surface area (Å²) in [5.74, 6) is 0.